The molecule has 0 aromatic carbocycles. The second-order valence-electron chi connectivity index (χ2n) is 3.96. The quantitative estimate of drug-likeness (QED) is 0.752. The van der Waals surface area contributed by atoms with Gasteiger partial charge in [-0.1, -0.05) is 6.07 Å². The summed E-state index contributed by atoms with van der Waals surface area (Å²) in [5.41, 5.74) is 2.40. The third-order valence-corrected chi connectivity index (χ3v) is 2.70. The van der Waals surface area contributed by atoms with Gasteiger partial charge in [0, 0.05) is 11.8 Å². The molecule has 2 rings (SSSR count). The molecule has 14 heavy (non-hydrogen) atoms. The van der Waals surface area contributed by atoms with Crippen LogP contribution in [0.2, 0.25) is 0 Å². The maximum absolute atomic E-state index is 11.6. The first-order valence-corrected chi connectivity index (χ1v) is 5.08. The fraction of sp³-hybridized carbons (Fsp3) is 0.545. The molecule has 3 heteroatoms. The molecule has 0 aliphatic heterocycles. The molecule has 1 atom stereocenters. The van der Waals surface area contributed by atoms with Gasteiger partial charge in [-0.2, -0.15) is 0 Å². The van der Waals surface area contributed by atoms with Crippen LogP contribution in [0.5, 0.6) is 0 Å². The Labute approximate surface area is 83.0 Å². The van der Waals surface area contributed by atoms with Crippen molar-refractivity contribution < 1.29 is 5.11 Å². The van der Waals surface area contributed by atoms with Crippen LogP contribution < -0.4 is 5.56 Å². The Balaban J connectivity index is 2.46. The van der Waals surface area contributed by atoms with Crippen molar-refractivity contribution in [1.82, 2.24) is 4.57 Å². The predicted molar refractivity (Wildman–Crippen MR) is 54.4 cm³/mol. The molecule has 0 unspecified atom stereocenters. The summed E-state index contributed by atoms with van der Waals surface area (Å²) in [5, 5.41) is 9.30. The molecule has 76 valence electrons. The number of pyridine rings is 1. The van der Waals surface area contributed by atoms with Crippen molar-refractivity contribution >= 4 is 0 Å². The number of rotatable bonds is 2. The lowest BCUT2D eigenvalue weighted by Crippen LogP contribution is -2.27. The van der Waals surface area contributed by atoms with Gasteiger partial charge in [0.2, 0.25) is 0 Å². The average molecular weight is 193 g/mol. The number of aliphatic hydroxyl groups is 1. The Morgan fingerprint density at radius 1 is 1.50 bits per heavy atom. The molecule has 1 aromatic heterocycles. The number of aryl methyl sites for hydroxylation is 1. The largest absolute Gasteiger partial charge is 0.392 e. The summed E-state index contributed by atoms with van der Waals surface area (Å²) in [4.78, 5) is 11.6. The van der Waals surface area contributed by atoms with Crippen molar-refractivity contribution in [2.75, 3.05) is 0 Å². The number of fused-ring (bicyclic) bond motifs is 1. The number of hydrogen-bond acceptors (Lipinski definition) is 2. The number of hydrogen-bond donors (Lipinski definition) is 1. The van der Waals surface area contributed by atoms with E-state index in [1.807, 2.05) is 6.07 Å². The zero-order valence-corrected chi connectivity index (χ0v) is 8.36. The van der Waals surface area contributed by atoms with Gasteiger partial charge in [-0.05, 0) is 31.7 Å². The molecule has 1 aliphatic carbocycles. The zero-order valence-electron chi connectivity index (χ0n) is 8.36. The Hall–Kier alpha value is -1.09. The minimum atomic E-state index is -0.459. The topological polar surface area (TPSA) is 42.2 Å². The van der Waals surface area contributed by atoms with Crippen LogP contribution in [0.1, 0.15) is 24.6 Å². The lowest BCUT2D eigenvalue weighted by atomic mass is 10.2. The van der Waals surface area contributed by atoms with Gasteiger partial charge in [0.1, 0.15) is 0 Å². The highest BCUT2D eigenvalue weighted by atomic mass is 16.3. The van der Waals surface area contributed by atoms with Crippen molar-refractivity contribution in [2.24, 2.45) is 0 Å². The van der Waals surface area contributed by atoms with Gasteiger partial charge in [0.15, 0.2) is 0 Å². The van der Waals surface area contributed by atoms with Crippen LogP contribution in [0.15, 0.2) is 16.9 Å². The van der Waals surface area contributed by atoms with Crippen LogP contribution >= 0.6 is 0 Å². The molecule has 0 spiro atoms. The van der Waals surface area contributed by atoms with Crippen LogP contribution in [0.25, 0.3) is 0 Å². The summed E-state index contributed by atoms with van der Waals surface area (Å²) in [6.45, 7) is 2.13. The van der Waals surface area contributed by atoms with Crippen LogP contribution in [0.3, 0.4) is 0 Å². The van der Waals surface area contributed by atoms with E-state index in [0.717, 1.165) is 25.0 Å². The molecule has 0 amide bonds. The minimum absolute atomic E-state index is 0.00606. The smallest absolute Gasteiger partial charge is 0.250 e. The van der Waals surface area contributed by atoms with Crippen LogP contribution in [0.4, 0.5) is 0 Å². The normalized spacial score (nSPS) is 16.7. The fourth-order valence-corrected chi connectivity index (χ4v) is 2.10. The SMILES string of the molecule is C[C@H](O)Cn1c2c(ccc1=O)CCC2. The molecule has 1 aliphatic rings. The second-order valence-corrected chi connectivity index (χ2v) is 3.96. The molecule has 0 bridgehead atoms. The molecular weight excluding hydrogens is 178 g/mol. The highest BCUT2D eigenvalue weighted by molar-refractivity contribution is 5.25. The van der Waals surface area contributed by atoms with Crippen molar-refractivity contribution in [3.05, 3.63) is 33.7 Å². The molecule has 0 saturated carbocycles. The van der Waals surface area contributed by atoms with Crippen LogP contribution in [-0.4, -0.2) is 15.8 Å². The highest BCUT2D eigenvalue weighted by Crippen LogP contribution is 2.19. The van der Waals surface area contributed by atoms with E-state index in [1.165, 1.54) is 5.56 Å². The van der Waals surface area contributed by atoms with Crippen molar-refractivity contribution in [3.63, 3.8) is 0 Å². The van der Waals surface area contributed by atoms with Gasteiger partial charge < -0.3 is 9.67 Å². The third kappa shape index (κ3) is 1.60. The highest BCUT2D eigenvalue weighted by Gasteiger charge is 2.16. The Kier molecular flexibility index (Phi) is 2.42. The molecule has 0 saturated heterocycles. The molecule has 0 fully saturated rings. The third-order valence-electron chi connectivity index (χ3n) is 2.70. The van der Waals surface area contributed by atoms with Crippen LogP contribution in [0, 0.1) is 0 Å². The van der Waals surface area contributed by atoms with E-state index in [-0.39, 0.29) is 5.56 Å². The van der Waals surface area contributed by atoms with E-state index >= 15 is 0 Å². The fourth-order valence-electron chi connectivity index (χ4n) is 2.10. The maximum atomic E-state index is 11.6. The number of nitrogens with zero attached hydrogens (tertiary/aromatic N) is 1. The second kappa shape index (κ2) is 3.58. The van der Waals surface area contributed by atoms with Gasteiger partial charge in [-0.3, -0.25) is 4.79 Å². The van der Waals surface area contributed by atoms with Crippen molar-refractivity contribution in [1.29, 1.82) is 0 Å². The molecule has 1 aromatic rings. The lowest BCUT2D eigenvalue weighted by Gasteiger charge is -2.13. The van der Waals surface area contributed by atoms with E-state index in [4.69, 9.17) is 0 Å². The Morgan fingerprint density at radius 3 is 3.00 bits per heavy atom. The Bertz CT molecular complexity index is 393. The minimum Gasteiger partial charge on any atom is -0.392 e. The van der Waals surface area contributed by atoms with Gasteiger partial charge in [0.25, 0.3) is 5.56 Å². The summed E-state index contributed by atoms with van der Waals surface area (Å²) in [5.74, 6) is 0. The monoisotopic (exact) mass is 193 g/mol. The number of aromatic nitrogens is 1. The van der Waals surface area contributed by atoms with E-state index in [2.05, 4.69) is 0 Å². The first-order valence-electron chi connectivity index (χ1n) is 5.08. The van der Waals surface area contributed by atoms with Crippen molar-refractivity contribution in [2.45, 2.75) is 38.8 Å². The first kappa shape index (κ1) is 9.46. The first-order chi connectivity index (χ1) is 6.68. The molecular formula is C11H15NO2. The summed E-state index contributed by atoms with van der Waals surface area (Å²) in [6.07, 6.45) is 2.70. The molecule has 1 heterocycles. The standard InChI is InChI=1S/C11H15NO2/c1-8(13)7-12-10-4-2-3-9(10)5-6-11(12)14/h5-6,8,13H,2-4,7H2,1H3/t8-/m0/s1. The number of aliphatic hydroxyl groups excluding tert-OH is 1. The van der Waals surface area contributed by atoms with E-state index in [1.54, 1.807) is 17.6 Å². The summed E-state index contributed by atoms with van der Waals surface area (Å²) in [6, 6.07) is 3.52. The summed E-state index contributed by atoms with van der Waals surface area (Å²) >= 11 is 0. The summed E-state index contributed by atoms with van der Waals surface area (Å²) < 4.78 is 1.72. The van der Waals surface area contributed by atoms with Gasteiger partial charge in [0.05, 0.1) is 12.6 Å². The van der Waals surface area contributed by atoms with Gasteiger partial charge in [-0.25, -0.2) is 0 Å². The lowest BCUT2D eigenvalue weighted by molar-refractivity contribution is 0.171. The van der Waals surface area contributed by atoms with E-state index in [9.17, 15) is 9.90 Å². The van der Waals surface area contributed by atoms with Gasteiger partial charge >= 0.3 is 0 Å². The molecule has 3 nitrogen and oxygen atoms in total. The summed E-state index contributed by atoms with van der Waals surface area (Å²) in [7, 11) is 0. The average Bonchev–Trinajstić information content (AvgIpc) is 2.57. The maximum Gasteiger partial charge on any atom is 0.250 e. The van der Waals surface area contributed by atoms with Crippen molar-refractivity contribution in [3.8, 4) is 0 Å². The Morgan fingerprint density at radius 2 is 2.29 bits per heavy atom. The van der Waals surface area contributed by atoms with E-state index < -0.39 is 6.10 Å². The zero-order chi connectivity index (χ0) is 10.1. The van der Waals surface area contributed by atoms with E-state index in [0.29, 0.717) is 6.54 Å². The van der Waals surface area contributed by atoms with Crippen LogP contribution in [-0.2, 0) is 19.4 Å². The molecule has 1 N–H and O–H groups in total. The predicted octanol–water partition coefficient (Wildman–Crippen LogP) is 0.718. The molecule has 0 radical (unpaired) electrons. The van der Waals surface area contributed by atoms with Gasteiger partial charge in [-0.15, -0.1) is 0 Å².